The van der Waals surface area contributed by atoms with Gasteiger partial charge in [0.05, 0.1) is 11.4 Å². The molecular weight excluding hydrogens is 471 g/mol. The van der Waals surface area contributed by atoms with Crippen molar-refractivity contribution in [2.24, 2.45) is 0 Å². The molecular formula is C18H12Cl2N4S4. The molecule has 0 aliphatic rings. The lowest BCUT2D eigenvalue weighted by Gasteiger charge is -2.03. The summed E-state index contributed by atoms with van der Waals surface area (Å²) in [7, 11) is 3.19. The second-order valence-electron chi connectivity index (χ2n) is 5.56. The van der Waals surface area contributed by atoms with Crippen molar-refractivity contribution >= 4 is 77.7 Å². The van der Waals surface area contributed by atoms with Crippen LogP contribution in [0.1, 0.15) is 0 Å². The van der Waals surface area contributed by atoms with Crippen LogP contribution in [-0.2, 0) is 0 Å². The molecule has 4 rings (SSSR count). The second kappa shape index (κ2) is 8.52. The van der Waals surface area contributed by atoms with E-state index in [4.69, 9.17) is 34.7 Å². The number of anilines is 2. The number of hydrogen-bond acceptors (Lipinski definition) is 8. The minimum Gasteiger partial charge on any atom is -0.375 e. The molecule has 0 radical (unpaired) electrons. The third-order valence-corrected chi connectivity index (χ3v) is 9.17. The Hall–Kier alpha value is -1.42. The van der Waals surface area contributed by atoms with Gasteiger partial charge >= 0.3 is 0 Å². The summed E-state index contributed by atoms with van der Waals surface area (Å²) in [5, 5.41) is 2.41. The van der Waals surface area contributed by atoms with Crippen molar-refractivity contribution < 1.29 is 0 Å². The van der Waals surface area contributed by atoms with Gasteiger partial charge in [-0.25, -0.2) is 9.97 Å². The van der Waals surface area contributed by atoms with Crippen molar-refractivity contribution in [3.63, 3.8) is 0 Å². The van der Waals surface area contributed by atoms with Crippen LogP contribution in [0.2, 0.25) is 10.0 Å². The molecule has 4 nitrogen and oxygen atoms in total. The van der Waals surface area contributed by atoms with Crippen LogP contribution in [-0.4, -0.2) is 9.97 Å². The summed E-state index contributed by atoms with van der Waals surface area (Å²) in [6.07, 6.45) is 0. The van der Waals surface area contributed by atoms with Crippen molar-refractivity contribution in [2.75, 3.05) is 11.5 Å². The molecule has 0 aliphatic heterocycles. The Morgan fingerprint density at radius 1 is 0.643 bits per heavy atom. The highest BCUT2D eigenvalue weighted by atomic mass is 35.5. The Morgan fingerprint density at radius 2 is 1.00 bits per heavy atom. The molecule has 0 bridgehead atoms. The van der Waals surface area contributed by atoms with E-state index in [0.717, 1.165) is 30.9 Å². The molecule has 0 saturated heterocycles. The number of halogens is 2. The van der Waals surface area contributed by atoms with Gasteiger partial charge in [-0.1, -0.05) is 70.1 Å². The predicted octanol–water partition coefficient (Wildman–Crippen LogP) is 7.20. The summed E-state index contributed by atoms with van der Waals surface area (Å²) in [5.74, 6) is 0. The number of hydrogen-bond donors (Lipinski definition) is 2. The molecule has 142 valence electrons. The maximum Gasteiger partial charge on any atom is 0.181 e. The highest BCUT2D eigenvalue weighted by molar-refractivity contribution is 8.77. The highest BCUT2D eigenvalue weighted by Gasteiger charge is 2.17. The average Bonchev–Trinajstić information content (AvgIpc) is 3.23. The summed E-state index contributed by atoms with van der Waals surface area (Å²) >= 11 is 14.9. The normalized spacial score (nSPS) is 11.1. The Bertz CT molecular complexity index is 1020. The van der Waals surface area contributed by atoms with Crippen LogP contribution in [0.5, 0.6) is 0 Å². The van der Waals surface area contributed by atoms with E-state index in [9.17, 15) is 0 Å². The zero-order valence-corrected chi connectivity index (χ0v) is 18.8. The van der Waals surface area contributed by atoms with Crippen molar-refractivity contribution in [3.8, 4) is 22.5 Å². The zero-order valence-electron chi connectivity index (χ0n) is 14.1. The van der Waals surface area contributed by atoms with Gasteiger partial charge in [0, 0.05) is 21.2 Å². The topological polar surface area (TPSA) is 77.8 Å². The molecule has 0 aliphatic carbocycles. The Morgan fingerprint density at radius 3 is 1.36 bits per heavy atom. The number of nitrogen functional groups attached to an aromatic ring is 2. The maximum atomic E-state index is 6.00. The fourth-order valence-electron chi connectivity index (χ4n) is 2.41. The largest absolute Gasteiger partial charge is 0.375 e. The van der Waals surface area contributed by atoms with Gasteiger partial charge in [-0.3, -0.25) is 0 Å². The molecule has 10 heteroatoms. The first kappa shape index (κ1) is 19.9. The van der Waals surface area contributed by atoms with Crippen molar-refractivity contribution in [1.29, 1.82) is 0 Å². The lowest BCUT2D eigenvalue weighted by molar-refractivity contribution is 1.37. The molecule has 0 atom stereocenters. The molecule has 0 saturated carbocycles. The average molecular weight is 483 g/mol. The van der Waals surface area contributed by atoms with E-state index in [-0.39, 0.29) is 0 Å². The number of benzene rings is 2. The van der Waals surface area contributed by atoms with Crippen LogP contribution in [0.25, 0.3) is 22.5 Å². The summed E-state index contributed by atoms with van der Waals surface area (Å²) in [5.41, 5.74) is 15.6. The van der Waals surface area contributed by atoms with E-state index in [0.29, 0.717) is 20.3 Å². The molecule has 0 unspecified atom stereocenters. The fraction of sp³-hybridized carbons (Fsp3) is 0. The zero-order chi connectivity index (χ0) is 19.7. The SMILES string of the molecule is Nc1nc(-c2ccc(Cl)cc2)c(SSc2sc(N)nc2-c2ccc(Cl)cc2)s1. The van der Waals surface area contributed by atoms with Crippen molar-refractivity contribution in [1.82, 2.24) is 9.97 Å². The van der Waals surface area contributed by atoms with Gasteiger partial charge in [0.2, 0.25) is 0 Å². The van der Waals surface area contributed by atoms with Gasteiger partial charge < -0.3 is 11.5 Å². The summed E-state index contributed by atoms with van der Waals surface area (Å²) in [4.78, 5) is 8.97. The third kappa shape index (κ3) is 4.42. The minimum absolute atomic E-state index is 0.523. The smallest absolute Gasteiger partial charge is 0.181 e. The van der Waals surface area contributed by atoms with Crippen LogP contribution in [0.15, 0.2) is 56.9 Å². The molecule has 4 N–H and O–H groups in total. The summed E-state index contributed by atoms with van der Waals surface area (Å²) in [6.45, 7) is 0. The van der Waals surface area contributed by atoms with E-state index >= 15 is 0 Å². The fourth-order valence-corrected chi connectivity index (χ4v) is 7.41. The minimum atomic E-state index is 0.523. The van der Waals surface area contributed by atoms with Crippen LogP contribution >= 0.6 is 67.5 Å². The molecule has 2 aromatic carbocycles. The molecule has 2 aromatic heterocycles. The molecule has 28 heavy (non-hydrogen) atoms. The monoisotopic (exact) mass is 482 g/mol. The lowest BCUT2D eigenvalue weighted by Crippen LogP contribution is -1.83. The van der Waals surface area contributed by atoms with Crippen molar-refractivity contribution in [2.45, 2.75) is 8.42 Å². The summed E-state index contributed by atoms with van der Waals surface area (Å²) < 4.78 is 2.03. The van der Waals surface area contributed by atoms with E-state index in [1.165, 1.54) is 22.7 Å². The van der Waals surface area contributed by atoms with Crippen LogP contribution in [0.3, 0.4) is 0 Å². The number of rotatable bonds is 5. The van der Waals surface area contributed by atoms with Gasteiger partial charge in [0.15, 0.2) is 10.3 Å². The van der Waals surface area contributed by atoms with E-state index in [1.807, 2.05) is 48.5 Å². The van der Waals surface area contributed by atoms with Gasteiger partial charge in [-0.2, -0.15) is 0 Å². The number of aromatic nitrogens is 2. The number of nitrogens with zero attached hydrogens (tertiary/aromatic N) is 2. The Balaban J connectivity index is 1.61. The van der Waals surface area contributed by atoms with Crippen LogP contribution < -0.4 is 11.5 Å². The summed E-state index contributed by atoms with van der Waals surface area (Å²) in [6, 6.07) is 15.1. The lowest BCUT2D eigenvalue weighted by atomic mass is 10.2. The molecule has 2 heterocycles. The van der Waals surface area contributed by atoms with Crippen LogP contribution in [0.4, 0.5) is 10.3 Å². The van der Waals surface area contributed by atoms with Gasteiger partial charge in [0.25, 0.3) is 0 Å². The third-order valence-electron chi connectivity index (χ3n) is 3.65. The Kier molecular flexibility index (Phi) is 6.05. The van der Waals surface area contributed by atoms with Crippen LogP contribution in [0, 0.1) is 0 Å². The van der Waals surface area contributed by atoms with E-state index in [2.05, 4.69) is 9.97 Å². The van der Waals surface area contributed by atoms with Gasteiger partial charge in [0.1, 0.15) is 8.42 Å². The predicted molar refractivity (Wildman–Crippen MR) is 126 cm³/mol. The quantitative estimate of drug-likeness (QED) is 0.292. The van der Waals surface area contributed by atoms with Crippen molar-refractivity contribution in [3.05, 3.63) is 58.6 Å². The highest BCUT2D eigenvalue weighted by Crippen LogP contribution is 2.50. The van der Waals surface area contributed by atoms with Gasteiger partial charge in [-0.15, -0.1) is 0 Å². The molecule has 0 amide bonds. The Labute approximate surface area is 187 Å². The first-order valence-electron chi connectivity index (χ1n) is 7.88. The first-order chi connectivity index (χ1) is 13.5. The first-order valence-corrected chi connectivity index (χ1v) is 12.4. The maximum absolute atomic E-state index is 6.00. The molecule has 0 fully saturated rings. The van der Waals surface area contributed by atoms with E-state index in [1.54, 1.807) is 21.6 Å². The van der Waals surface area contributed by atoms with E-state index < -0.39 is 0 Å². The molecule has 0 spiro atoms. The second-order valence-corrected chi connectivity index (χ2v) is 11.2. The molecule has 4 aromatic rings. The van der Waals surface area contributed by atoms with Gasteiger partial charge in [-0.05, 0) is 45.9 Å². The number of nitrogens with two attached hydrogens (primary N) is 2. The standard InChI is InChI=1S/C18H12Cl2N4S4/c19-11-5-1-9(2-6-11)13-15(25-17(21)23-13)27-28-16-14(24-18(22)26-16)10-3-7-12(20)8-4-10/h1-8H,(H2,21,23)(H2,22,24). The number of thiazole rings is 2.